The zero-order valence-electron chi connectivity index (χ0n) is 20.4. The molecule has 0 bridgehead atoms. The monoisotopic (exact) mass is 516 g/mol. The van der Waals surface area contributed by atoms with Crippen LogP contribution in [-0.4, -0.2) is 42.6 Å². The number of ketones is 1. The van der Waals surface area contributed by atoms with Crippen LogP contribution in [0.1, 0.15) is 24.1 Å². The van der Waals surface area contributed by atoms with Crippen molar-refractivity contribution in [3.05, 3.63) is 83.4 Å². The predicted molar refractivity (Wildman–Crippen MR) is 142 cm³/mol. The van der Waals surface area contributed by atoms with Gasteiger partial charge in [-0.2, -0.15) is 0 Å². The summed E-state index contributed by atoms with van der Waals surface area (Å²) in [5.74, 6) is -0.226. The van der Waals surface area contributed by atoms with Crippen LogP contribution in [-0.2, 0) is 9.59 Å². The van der Waals surface area contributed by atoms with Gasteiger partial charge in [-0.15, -0.1) is 0 Å². The Kier molecular flexibility index (Phi) is 6.54. The van der Waals surface area contributed by atoms with Crippen LogP contribution in [0, 0.1) is 0 Å². The molecule has 37 heavy (non-hydrogen) atoms. The Labute approximate surface area is 217 Å². The summed E-state index contributed by atoms with van der Waals surface area (Å²) < 4.78 is 17.2. The van der Waals surface area contributed by atoms with Crippen molar-refractivity contribution in [2.24, 2.45) is 0 Å². The highest BCUT2D eigenvalue weighted by Crippen LogP contribution is 2.46. The number of methoxy groups -OCH3 is 2. The van der Waals surface area contributed by atoms with E-state index in [2.05, 4.69) is 4.98 Å². The summed E-state index contributed by atoms with van der Waals surface area (Å²) in [5.41, 5.74) is 1.62. The van der Waals surface area contributed by atoms with E-state index >= 15 is 0 Å². The van der Waals surface area contributed by atoms with E-state index < -0.39 is 17.7 Å². The molecule has 0 spiro atoms. The van der Waals surface area contributed by atoms with Crippen molar-refractivity contribution in [1.29, 1.82) is 0 Å². The number of thiazole rings is 1. The molecule has 3 aromatic carbocycles. The van der Waals surface area contributed by atoms with Crippen molar-refractivity contribution in [3.63, 3.8) is 0 Å². The third kappa shape index (κ3) is 4.27. The van der Waals surface area contributed by atoms with Gasteiger partial charge in [-0.05, 0) is 42.8 Å². The average molecular weight is 517 g/mol. The molecule has 2 heterocycles. The molecule has 1 aliphatic rings. The molecule has 0 radical (unpaired) electrons. The largest absolute Gasteiger partial charge is 0.507 e. The average Bonchev–Trinajstić information content (AvgIpc) is 3.46. The fourth-order valence-corrected chi connectivity index (χ4v) is 5.39. The van der Waals surface area contributed by atoms with E-state index in [4.69, 9.17) is 14.2 Å². The van der Waals surface area contributed by atoms with Crippen molar-refractivity contribution >= 4 is 44.1 Å². The first-order valence-corrected chi connectivity index (χ1v) is 12.4. The van der Waals surface area contributed by atoms with Crippen molar-refractivity contribution in [2.45, 2.75) is 13.0 Å². The van der Waals surface area contributed by atoms with E-state index in [1.54, 1.807) is 48.5 Å². The molecule has 1 atom stereocenters. The maximum atomic E-state index is 13.5. The van der Waals surface area contributed by atoms with E-state index in [1.165, 1.54) is 30.5 Å². The van der Waals surface area contributed by atoms with Gasteiger partial charge in [0.2, 0.25) is 0 Å². The summed E-state index contributed by atoms with van der Waals surface area (Å²) in [7, 11) is 3.03. The maximum absolute atomic E-state index is 13.5. The third-order valence-corrected chi connectivity index (χ3v) is 7.10. The molecule has 1 aliphatic heterocycles. The van der Waals surface area contributed by atoms with Crippen molar-refractivity contribution in [2.75, 3.05) is 25.7 Å². The number of hydrogen-bond donors (Lipinski definition) is 1. The quantitative estimate of drug-likeness (QED) is 0.201. The minimum absolute atomic E-state index is 0.0299. The van der Waals surface area contributed by atoms with Crippen LogP contribution in [0.15, 0.2) is 72.3 Å². The number of aliphatic hydroxyl groups is 1. The number of aliphatic hydroxyl groups excluding tert-OH is 1. The Balaban J connectivity index is 1.72. The van der Waals surface area contributed by atoms with E-state index in [0.29, 0.717) is 45.6 Å². The molecule has 188 valence electrons. The van der Waals surface area contributed by atoms with Gasteiger partial charge in [-0.3, -0.25) is 14.5 Å². The number of carbonyl (C=O) groups is 2. The van der Waals surface area contributed by atoms with Crippen LogP contribution >= 0.6 is 11.3 Å². The van der Waals surface area contributed by atoms with Crippen LogP contribution in [0.3, 0.4) is 0 Å². The number of fused-ring (bicyclic) bond motifs is 1. The topological polar surface area (TPSA) is 98.2 Å². The minimum Gasteiger partial charge on any atom is -0.507 e. The summed E-state index contributed by atoms with van der Waals surface area (Å²) in [6.07, 6.45) is 0. The summed E-state index contributed by atoms with van der Waals surface area (Å²) in [4.78, 5) is 32.9. The molecule has 5 rings (SSSR count). The fourth-order valence-electron chi connectivity index (χ4n) is 4.37. The third-order valence-electron chi connectivity index (χ3n) is 6.08. The van der Waals surface area contributed by atoms with E-state index in [0.717, 1.165) is 4.70 Å². The highest BCUT2D eigenvalue weighted by atomic mass is 32.1. The molecular formula is C28H24N2O6S. The van der Waals surface area contributed by atoms with Gasteiger partial charge in [-0.25, -0.2) is 4.98 Å². The Hall–Kier alpha value is -4.37. The molecule has 0 unspecified atom stereocenters. The van der Waals surface area contributed by atoms with Gasteiger partial charge in [-0.1, -0.05) is 47.7 Å². The van der Waals surface area contributed by atoms with Crippen LogP contribution in [0.25, 0.3) is 16.0 Å². The molecule has 8 nitrogen and oxygen atoms in total. The first-order valence-electron chi connectivity index (χ1n) is 11.6. The minimum atomic E-state index is -0.938. The van der Waals surface area contributed by atoms with E-state index in [1.807, 2.05) is 25.1 Å². The van der Waals surface area contributed by atoms with E-state index in [9.17, 15) is 14.7 Å². The molecule has 1 amide bonds. The lowest BCUT2D eigenvalue weighted by atomic mass is 9.95. The number of hydrogen-bond acceptors (Lipinski definition) is 8. The summed E-state index contributed by atoms with van der Waals surface area (Å²) >= 11 is 1.27. The lowest BCUT2D eigenvalue weighted by molar-refractivity contribution is -0.132. The number of anilines is 1. The fraction of sp³-hybridized carbons (Fsp3) is 0.179. The molecule has 1 N–H and O–H groups in total. The standard InChI is InChI=1S/C28H24N2O6S/c1-4-36-18-11-12-19-22(15-18)37-28(29-19)30-24(17-10-13-20(34-2)21(14-17)35-3)23(26(32)27(30)33)25(31)16-8-6-5-7-9-16/h5-15,24,31H,4H2,1-3H3/b25-23+/t24-/m0/s1. The lowest BCUT2D eigenvalue weighted by Gasteiger charge is -2.23. The SMILES string of the molecule is CCOc1ccc2nc(N3C(=O)C(=O)/C(=C(/O)c4ccccc4)[C@@H]3c3ccc(OC)c(OC)c3)sc2c1. The Morgan fingerprint density at radius 1 is 1.00 bits per heavy atom. The lowest BCUT2D eigenvalue weighted by Crippen LogP contribution is -2.29. The number of benzene rings is 3. The molecule has 4 aromatic rings. The van der Waals surface area contributed by atoms with Gasteiger partial charge < -0.3 is 19.3 Å². The number of amides is 1. The molecule has 0 aliphatic carbocycles. The second-order valence-corrected chi connectivity index (χ2v) is 9.22. The van der Waals surface area contributed by atoms with Crippen molar-refractivity contribution in [3.8, 4) is 17.2 Å². The Morgan fingerprint density at radius 3 is 2.46 bits per heavy atom. The normalized spacial score (nSPS) is 16.8. The zero-order valence-corrected chi connectivity index (χ0v) is 21.2. The smallest absolute Gasteiger partial charge is 0.301 e. The van der Waals surface area contributed by atoms with Crippen LogP contribution < -0.4 is 19.1 Å². The summed E-state index contributed by atoms with van der Waals surface area (Å²) in [5, 5.41) is 11.6. The Bertz CT molecular complexity index is 1530. The van der Waals surface area contributed by atoms with Crippen molar-refractivity contribution < 1.29 is 28.9 Å². The van der Waals surface area contributed by atoms with Crippen molar-refractivity contribution in [1.82, 2.24) is 4.98 Å². The highest BCUT2D eigenvalue weighted by Gasteiger charge is 2.48. The van der Waals surface area contributed by atoms with Crippen LogP contribution in [0.4, 0.5) is 5.13 Å². The Morgan fingerprint density at radius 2 is 1.76 bits per heavy atom. The molecular weight excluding hydrogens is 492 g/mol. The summed E-state index contributed by atoms with van der Waals surface area (Å²) in [6.45, 7) is 2.42. The molecule has 1 fully saturated rings. The van der Waals surface area contributed by atoms with Crippen LogP contribution in [0.2, 0.25) is 0 Å². The molecule has 1 aromatic heterocycles. The highest BCUT2D eigenvalue weighted by molar-refractivity contribution is 7.22. The van der Waals surface area contributed by atoms with Gasteiger partial charge in [0.15, 0.2) is 16.6 Å². The summed E-state index contributed by atoms with van der Waals surface area (Å²) in [6, 6.07) is 18.3. The van der Waals surface area contributed by atoms with Gasteiger partial charge in [0, 0.05) is 5.56 Å². The molecule has 0 saturated carbocycles. The first-order chi connectivity index (χ1) is 18.0. The number of nitrogens with zero attached hydrogens (tertiary/aromatic N) is 2. The second kappa shape index (κ2) is 9.94. The van der Waals surface area contributed by atoms with Crippen LogP contribution in [0.5, 0.6) is 17.2 Å². The van der Waals surface area contributed by atoms with Gasteiger partial charge in [0.1, 0.15) is 11.5 Å². The predicted octanol–water partition coefficient (Wildman–Crippen LogP) is 5.34. The second-order valence-electron chi connectivity index (χ2n) is 8.21. The molecule has 9 heteroatoms. The van der Waals surface area contributed by atoms with Gasteiger partial charge >= 0.3 is 5.91 Å². The number of ether oxygens (including phenoxy) is 3. The van der Waals surface area contributed by atoms with Gasteiger partial charge in [0.05, 0.1) is 42.7 Å². The number of Topliss-reactive ketones (excluding diaryl/α,β-unsaturated/α-hetero) is 1. The number of carbonyl (C=O) groups excluding carboxylic acids is 2. The maximum Gasteiger partial charge on any atom is 0.301 e. The first kappa shape index (κ1) is 24.3. The number of aromatic nitrogens is 1. The van der Waals surface area contributed by atoms with Gasteiger partial charge in [0.25, 0.3) is 5.78 Å². The number of rotatable bonds is 7. The van der Waals surface area contributed by atoms with E-state index in [-0.39, 0.29) is 11.3 Å². The molecule has 1 saturated heterocycles. The zero-order chi connectivity index (χ0) is 26.1.